The first-order valence-electron chi connectivity index (χ1n) is 5.97. The zero-order chi connectivity index (χ0) is 15.1. The highest BCUT2D eigenvalue weighted by atomic mass is 16.6. The summed E-state index contributed by atoms with van der Waals surface area (Å²) in [5, 5.41) is 16.5. The van der Waals surface area contributed by atoms with Gasteiger partial charge in [-0.25, -0.2) is 4.79 Å². The molecule has 0 atom stereocenters. The van der Waals surface area contributed by atoms with E-state index in [9.17, 15) is 14.9 Å². The molecule has 2 amide bonds. The molecule has 0 unspecified atom stereocenters. The number of hydrogen-bond donors (Lipinski definition) is 2. The summed E-state index contributed by atoms with van der Waals surface area (Å²) in [4.78, 5) is 23.1. The topological polar surface area (TPSA) is 96.7 Å². The first-order chi connectivity index (χ1) is 9.45. The Morgan fingerprint density at radius 2 is 2.10 bits per heavy atom. The molecule has 0 fully saturated rings. The number of rotatable bonds is 6. The minimum atomic E-state index is -0.472. The quantitative estimate of drug-likeness (QED) is 0.465. The molecule has 0 saturated heterocycles. The van der Waals surface area contributed by atoms with Crippen LogP contribution in [0.2, 0.25) is 0 Å². The Kier molecular flexibility index (Phi) is 5.57. The molecule has 0 spiro atoms. The van der Waals surface area contributed by atoms with E-state index in [0.29, 0.717) is 24.5 Å². The van der Waals surface area contributed by atoms with E-state index in [2.05, 4.69) is 10.6 Å². The number of nitrogens with zero attached hydrogens (tertiary/aromatic N) is 2. The first-order valence-corrected chi connectivity index (χ1v) is 5.97. The van der Waals surface area contributed by atoms with Gasteiger partial charge in [-0.1, -0.05) is 0 Å². The summed E-state index contributed by atoms with van der Waals surface area (Å²) in [6.45, 7) is 0.721. The Hall–Kier alpha value is -2.51. The molecule has 110 valence electrons. The van der Waals surface area contributed by atoms with E-state index in [0.717, 1.165) is 0 Å². The van der Waals surface area contributed by atoms with Crippen molar-refractivity contribution in [2.75, 3.05) is 39.6 Å². The normalized spacial score (nSPS) is 9.75. The zero-order valence-corrected chi connectivity index (χ0v) is 11.7. The lowest BCUT2D eigenvalue weighted by atomic mass is 10.2. The number of carbonyl (C=O) groups excluding carboxylic acids is 1. The number of hydrogen-bond acceptors (Lipinski definition) is 5. The molecule has 0 bridgehead atoms. The number of nitro benzene ring substituents is 1. The van der Waals surface area contributed by atoms with E-state index in [1.165, 1.54) is 24.1 Å². The lowest BCUT2D eigenvalue weighted by molar-refractivity contribution is -0.384. The number of amides is 2. The van der Waals surface area contributed by atoms with Gasteiger partial charge in [-0.3, -0.25) is 10.1 Å². The summed E-state index contributed by atoms with van der Waals surface area (Å²) in [7, 11) is 4.76. The van der Waals surface area contributed by atoms with Crippen molar-refractivity contribution < 1.29 is 14.5 Å². The van der Waals surface area contributed by atoms with Crippen LogP contribution in [0.15, 0.2) is 18.2 Å². The number of methoxy groups -OCH3 is 1. The molecule has 0 aliphatic heterocycles. The Balaban J connectivity index is 2.62. The van der Waals surface area contributed by atoms with Crippen molar-refractivity contribution in [1.82, 2.24) is 10.2 Å². The van der Waals surface area contributed by atoms with Gasteiger partial charge < -0.3 is 20.3 Å². The Labute approximate surface area is 116 Å². The molecular formula is C12H18N4O4. The number of ether oxygens (including phenoxy) is 1. The van der Waals surface area contributed by atoms with Crippen LogP contribution in [-0.4, -0.2) is 50.1 Å². The van der Waals surface area contributed by atoms with Gasteiger partial charge in [0.25, 0.3) is 5.69 Å². The molecular weight excluding hydrogens is 264 g/mol. The van der Waals surface area contributed by atoms with Crippen LogP contribution in [0.25, 0.3) is 0 Å². The molecule has 1 rings (SSSR count). The minimum absolute atomic E-state index is 0.0373. The molecule has 0 saturated carbocycles. The molecule has 8 nitrogen and oxygen atoms in total. The zero-order valence-electron chi connectivity index (χ0n) is 11.7. The summed E-state index contributed by atoms with van der Waals surface area (Å²) in [6, 6.07) is 4.23. The number of nitro groups is 1. The molecule has 2 N–H and O–H groups in total. The monoisotopic (exact) mass is 282 g/mol. The van der Waals surface area contributed by atoms with Gasteiger partial charge in [-0.05, 0) is 6.07 Å². The maximum absolute atomic E-state index is 11.3. The highest BCUT2D eigenvalue weighted by molar-refractivity contribution is 5.73. The van der Waals surface area contributed by atoms with E-state index in [1.54, 1.807) is 20.2 Å². The maximum atomic E-state index is 11.3. The van der Waals surface area contributed by atoms with Crippen molar-refractivity contribution >= 4 is 17.4 Å². The molecule has 8 heteroatoms. The molecule has 1 aromatic carbocycles. The second-order valence-corrected chi connectivity index (χ2v) is 4.19. The third kappa shape index (κ3) is 4.30. The summed E-state index contributed by atoms with van der Waals surface area (Å²) >= 11 is 0. The third-order valence-corrected chi connectivity index (χ3v) is 2.52. The number of nitrogens with one attached hydrogen (secondary N) is 2. The lowest BCUT2D eigenvalue weighted by Crippen LogP contribution is -2.37. The van der Waals surface area contributed by atoms with Crippen LogP contribution in [0.3, 0.4) is 0 Å². The van der Waals surface area contributed by atoms with Gasteiger partial charge in [0, 0.05) is 39.3 Å². The van der Waals surface area contributed by atoms with E-state index < -0.39 is 4.92 Å². The van der Waals surface area contributed by atoms with Gasteiger partial charge in [0.05, 0.1) is 12.0 Å². The predicted molar refractivity (Wildman–Crippen MR) is 75.2 cm³/mol. The fourth-order valence-electron chi connectivity index (χ4n) is 1.47. The van der Waals surface area contributed by atoms with Crippen molar-refractivity contribution in [1.29, 1.82) is 0 Å². The molecule has 0 heterocycles. The van der Waals surface area contributed by atoms with Crippen LogP contribution in [0, 0.1) is 10.1 Å². The summed E-state index contributed by atoms with van der Waals surface area (Å²) in [5.74, 6) is 0.524. The summed E-state index contributed by atoms with van der Waals surface area (Å²) in [5.41, 5.74) is 0.318. The number of urea groups is 1. The van der Waals surface area contributed by atoms with Gasteiger partial charge in [0.15, 0.2) is 0 Å². The average molecular weight is 282 g/mol. The molecule has 1 aromatic rings. The van der Waals surface area contributed by atoms with E-state index in [4.69, 9.17) is 4.74 Å². The predicted octanol–water partition coefficient (Wildman–Crippen LogP) is 1.29. The van der Waals surface area contributed by atoms with Gasteiger partial charge in [-0.15, -0.1) is 0 Å². The molecule has 0 aliphatic carbocycles. The fourth-order valence-corrected chi connectivity index (χ4v) is 1.47. The van der Waals surface area contributed by atoms with Crippen LogP contribution in [-0.2, 0) is 0 Å². The van der Waals surface area contributed by atoms with Crippen LogP contribution < -0.4 is 15.4 Å². The summed E-state index contributed by atoms with van der Waals surface area (Å²) in [6.07, 6.45) is 0. The Bertz CT molecular complexity index is 490. The summed E-state index contributed by atoms with van der Waals surface area (Å²) < 4.78 is 5.03. The van der Waals surface area contributed by atoms with Crippen molar-refractivity contribution in [2.24, 2.45) is 0 Å². The van der Waals surface area contributed by atoms with Crippen molar-refractivity contribution in [3.63, 3.8) is 0 Å². The number of benzene rings is 1. The standard InChI is InChI=1S/C12H18N4O4/c1-15(2)12(17)14-7-6-13-10-8-9(20-3)4-5-11(10)16(18)19/h4-5,8,13H,6-7H2,1-3H3,(H,14,17). The van der Waals surface area contributed by atoms with E-state index >= 15 is 0 Å². The molecule has 0 radical (unpaired) electrons. The van der Waals surface area contributed by atoms with Gasteiger partial charge in [0.2, 0.25) is 0 Å². The minimum Gasteiger partial charge on any atom is -0.497 e. The highest BCUT2D eigenvalue weighted by Crippen LogP contribution is 2.28. The van der Waals surface area contributed by atoms with Crippen molar-refractivity contribution in [3.8, 4) is 5.75 Å². The maximum Gasteiger partial charge on any atom is 0.316 e. The van der Waals surface area contributed by atoms with Crippen LogP contribution >= 0.6 is 0 Å². The molecule has 0 aromatic heterocycles. The molecule has 20 heavy (non-hydrogen) atoms. The van der Waals surface area contributed by atoms with Gasteiger partial charge in [0.1, 0.15) is 11.4 Å². The first kappa shape index (κ1) is 15.5. The van der Waals surface area contributed by atoms with Crippen molar-refractivity contribution in [3.05, 3.63) is 28.3 Å². The Morgan fingerprint density at radius 1 is 1.40 bits per heavy atom. The average Bonchev–Trinajstić information content (AvgIpc) is 2.42. The molecule has 0 aliphatic rings. The van der Waals surface area contributed by atoms with E-state index in [-0.39, 0.29) is 11.7 Å². The highest BCUT2D eigenvalue weighted by Gasteiger charge is 2.14. The lowest BCUT2D eigenvalue weighted by Gasteiger charge is -2.13. The number of carbonyl (C=O) groups is 1. The van der Waals surface area contributed by atoms with Crippen LogP contribution in [0.1, 0.15) is 0 Å². The largest absolute Gasteiger partial charge is 0.497 e. The van der Waals surface area contributed by atoms with Crippen LogP contribution in [0.4, 0.5) is 16.2 Å². The number of anilines is 1. The second kappa shape index (κ2) is 7.17. The third-order valence-electron chi connectivity index (χ3n) is 2.52. The van der Waals surface area contributed by atoms with Gasteiger partial charge in [-0.2, -0.15) is 0 Å². The second-order valence-electron chi connectivity index (χ2n) is 4.19. The van der Waals surface area contributed by atoms with Gasteiger partial charge >= 0.3 is 6.03 Å². The van der Waals surface area contributed by atoms with Crippen molar-refractivity contribution in [2.45, 2.75) is 0 Å². The van der Waals surface area contributed by atoms with Crippen LogP contribution in [0.5, 0.6) is 5.75 Å². The SMILES string of the molecule is COc1ccc([N+](=O)[O-])c(NCCNC(=O)N(C)C)c1. The fraction of sp³-hybridized carbons (Fsp3) is 0.417. The Morgan fingerprint density at radius 3 is 2.65 bits per heavy atom. The van der Waals surface area contributed by atoms with E-state index in [1.807, 2.05) is 0 Å². The smallest absolute Gasteiger partial charge is 0.316 e.